The fourth-order valence-corrected chi connectivity index (χ4v) is 3.58. The van der Waals surface area contributed by atoms with Crippen LogP contribution >= 0.6 is 7.82 Å². The molecule has 3 N–H and O–H groups in total. The van der Waals surface area contributed by atoms with Gasteiger partial charge in [-0.2, -0.15) is 0 Å². The molecule has 0 aromatic heterocycles. The quantitative estimate of drug-likeness (QED) is 0.214. The first-order valence-electron chi connectivity index (χ1n) is 10.4. The highest BCUT2D eigenvalue weighted by atomic mass is 31.2. The molecule has 0 saturated heterocycles. The van der Waals surface area contributed by atoms with E-state index in [4.69, 9.17) is 14.8 Å². The first-order valence-corrected chi connectivity index (χ1v) is 11.8. The van der Waals surface area contributed by atoms with E-state index in [-0.39, 0.29) is 19.3 Å². The maximum absolute atomic E-state index is 11.5. The van der Waals surface area contributed by atoms with Gasteiger partial charge in [-0.05, 0) is 13.3 Å². The van der Waals surface area contributed by atoms with E-state index in [1.54, 1.807) is 6.92 Å². The van der Waals surface area contributed by atoms with Gasteiger partial charge in [-0.3, -0.25) is 9.05 Å². The fourth-order valence-electron chi connectivity index (χ4n) is 2.73. The molecule has 0 saturated carbocycles. The zero-order valence-corrected chi connectivity index (χ0v) is 17.5. The summed E-state index contributed by atoms with van der Waals surface area (Å²) in [4.78, 5) is 9.42. The lowest BCUT2D eigenvalue weighted by Crippen LogP contribution is -2.21. The Balaban J connectivity index is 3.22. The van der Waals surface area contributed by atoms with Gasteiger partial charge in [0.1, 0.15) is 0 Å². The van der Waals surface area contributed by atoms with E-state index >= 15 is 0 Å². The average molecular weight is 380 g/mol. The molecule has 0 heterocycles. The third-order valence-corrected chi connectivity index (χ3v) is 5.24. The fraction of sp³-hybridized carbons (Fsp3) is 1.00. The van der Waals surface area contributed by atoms with Crippen molar-refractivity contribution in [3.63, 3.8) is 0 Å². The predicted octanol–water partition coefficient (Wildman–Crippen LogP) is 5.95. The van der Waals surface area contributed by atoms with Gasteiger partial charge in [0, 0.05) is 6.04 Å². The number of rotatable bonds is 19. The van der Waals surface area contributed by atoms with Gasteiger partial charge in [0.15, 0.2) is 0 Å². The molecular formula is C19H42NO4P. The van der Waals surface area contributed by atoms with Crippen molar-refractivity contribution in [3.05, 3.63) is 0 Å². The molecule has 0 aromatic carbocycles. The molecule has 6 heteroatoms. The Labute approximate surface area is 155 Å². The van der Waals surface area contributed by atoms with E-state index in [1.165, 1.54) is 70.6 Å². The summed E-state index contributed by atoms with van der Waals surface area (Å²) in [5.74, 6) is 0. The molecule has 0 spiro atoms. The van der Waals surface area contributed by atoms with Crippen LogP contribution in [0.1, 0.15) is 104 Å². The highest BCUT2D eigenvalue weighted by molar-refractivity contribution is 7.47. The first-order chi connectivity index (χ1) is 12.0. The Kier molecular flexibility index (Phi) is 17.5. The molecule has 0 aliphatic heterocycles. The zero-order chi connectivity index (χ0) is 18.8. The second-order valence-corrected chi connectivity index (χ2v) is 8.62. The highest BCUT2D eigenvalue weighted by Gasteiger charge is 2.20. The SMILES string of the molecule is CCCCCCCCCCCCCCCCOP(=O)(O)OC[C@@H](C)N. The minimum atomic E-state index is -3.91. The first kappa shape index (κ1) is 25.1. The van der Waals surface area contributed by atoms with Crippen molar-refractivity contribution in [1.29, 1.82) is 0 Å². The molecule has 1 unspecified atom stereocenters. The molecule has 0 aliphatic carbocycles. The Morgan fingerprint density at radius 2 is 1.20 bits per heavy atom. The second-order valence-electron chi connectivity index (χ2n) is 7.17. The van der Waals surface area contributed by atoms with Gasteiger partial charge >= 0.3 is 7.82 Å². The molecule has 0 radical (unpaired) electrons. The van der Waals surface area contributed by atoms with Crippen LogP contribution in [0.25, 0.3) is 0 Å². The van der Waals surface area contributed by atoms with Crippen molar-refractivity contribution in [2.75, 3.05) is 13.2 Å². The van der Waals surface area contributed by atoms with Gasteiger partial charge in [0.25, 0.3) is 0 Å². The summed E-state index contributed by atoms with van der Waals surface area (Å²) >= 11 is 0. The van der Waals surface area contributed by atoms with Crippen molar-refractivity contribution in [1.82, 2.24) is 0 Å². The van der Waals surface area contributed by atoms with E-state index in [0.717, 1.165) is 19.3 Å². The van der Waals surface area contributed by atoms with E-state index in [0.29, 0.717) is 0 Å². The minimum absolute atomic E-state index is 0.0342. The van der Waals surface area contributed by atoms with Gasteiger partial charge < -0.3 is 10.6 Å². The zero-order valence-electron chi connectivity index (χ0n) is 16.6. The summed E-state index contributed by atoms with van der Waals surface area (Å²) in [6.07, 6.45) is 17.9. The van der Waals surface area contributed by atoms with E-state index in [1.807, 2.05) is 0 Å². The summed E-state index contributed by atoms with van der Waals surface area (Å²) < 4.78 is 21.2. The van der Waals surface area contributed by atoms with E-state index in [9.17, 15) is 9.46 Å². The number of hydrogen-bond donors (Lipinski definition) is 2. The van der Waals surface area contributed by atoms with Crippen LogP contribution in [-0.2, 0) is 13.6 Å². The standard InChI is InChI=1S/C19H42NO4P/c1-3-4-5-6-7-8-9-10-11-12-13-14-15-16-17-23-25(21,22)24-18-19(2)20/h19H,3-18,20H2,1-2H3,(H,21,22)/t19-/m1/s1. The summed E-state index contributed by atoms with van der Waals surface area (Å²) in [6.45, 7) is 4.28. The Hall–Kier alpha value is 0.0700. The van der Waals surface area contributed by atoms with Crippen molar-refractivity contribution < 1.29 is 18.5 Å². The van der Waals surface area contributed by atoms with Crippen LogP contribution in [0, 0.1) is 0 Å². The molecule has 152 valence electrons. The number of phosphoric acid groups is 1. The molecule has 0 aromatic rings. The topological polar surface area (TPSA) is 81.8 Å². The lowest BCUT2D eigenvalue weighted by molar-refractivity contribution is 0.142. The molecule has 5 nitrogen and oxygen atoms in total. The van der Waals surface area contributed by atoms with Crippen LogP contribution in [0.4, 0.5) is 0 Å². The molecule has 0 bridgehead atoms. The Bertz CT molecular complexity index is 327. The van der Waals surface area contributed by atoms with Crippen molar-refractivity contribution in [2.24, 2.45) is 5.73 Å². The third kappa shape index (κ3) is 20.2. The molecule has 0 rings (SSSR count). The van der Waals surface area contributed by atoms with Crippen LogP contribution in [0.5, 0.6) is 0 Å². The maximum atomic E-state index is 11.5. The van der Waals surface area contributed by atoms with Crippen LogP contribution in [-0.4, -0.2) is 24.1 Å². The number of unbranched alkanes of at least 4 members (excludes halogenated alkanes) is 13. The van der Waals surface area contributed by atoms with Gasteiger partial charge in [0.2, 0.25) is 0 Å². The van der Waals surface area contributed by atoms with Gasteiger partial charge in [-0.1, -0.05) is 90.4 Å². The lowest BCUT2D eigenvalue weighted by atomic mass is 10.0. The monoisotopic (exact) mass is 379 g/mol. The van der Waals surface area contributed by atoms with Crippen LogP contribution < -0.4 is 5.73 Å². The van der Waals surface area contributed by atoms with E-state index in [2.05, 4.69) is 6.92 Å². The smallest absolute Gasteiger partial charge is 0.326 e. The van der Waals surface area contributed by atoms with Gasteiger partial charge in [-0.25, -0.2) is 4.57 Å². The minimum Gasteiger partial charge on any atom is -0.326 e. The Morgan fingerprint density at radius 1 is 0.800 bits per heavy atom. The summed E-state index contributed by atoms with van der Waals surface area (Å²) in [5, 5.41) is 0. The molecular weight excluding hydrogens is 337 g/mol. The van der Waals surface area contributed by atoms with Crippen LogP contribution in [0.3, 0.4) is 0 Å². The predicted molar refractivity (Wildman–Crippen MR) is 106 cm³/mol. The van der Waals surface area contributed by atoms with Crippen molar-refractivity contribution >= 4 is 7.82 Å². The number of phosphoric ester groups is 1. The second kappa shape index (κ2) is 17.5. The lowest BCUT2D eigenvalue weighted by Gasteiger charge is -2.13. The Morgan fingerprint density at radius 3 is 1.60 bits per heavy atom. The largest absolute Gasteiger partial charge is 0.472 e. The molecule has 0 amide bonds. The van der Waals surface area contributed by atoms with Gasteiger partial charge in [-0.15, -0.1) is 0 Å². The van der Waals surface area contributed by atoms with Crippen molar-refractivity contribution in [2.45, 2.75) is 110 Å². The third-order valence-electron chi connectivity index (χ3n) is 4.25. The van der Waals surface area contributed by atoms with Crippen molar-refractivity contribution in [3.8, 4) is 0 Å². The van der Waals surface area contributed by atoms with E-state index < -0.39 is 7.82 Å². The average Bonchev–Trinajstić information content (AvgIpc) is 2.56. The molecule has 25 heavy (non-hydrogen) atoms. The normalized spacial score (nSPS) is 15.2. The van der Waals surface area contributed by atoms with Crippen LogP contribution in [0.15, 0.2) is 0 Å². The van der Waals surface area contributed by atoms with Crippen LogP contribution in [0.2, 0.25) is 0 Å². The molecule has 0 fully saturated rings. The molecule has 2 atom stereocenters. The summed E-state index contributed by atoms with van der Waals surface area (Å²) in [7, 11) is -3.91. The molecule has 0 aliphatic rings. The highest BCUT2D eigenvalue weighted by Crippen LogP contribution is 2.43. The number of hydrogen-bond acceptors (Lipinski definition) is 4. The maximum Gasteiger partial charge on any atom is 0.472 e. The number of nitrogens with two attached hydrogens (primary N) is 1. The summed E-state index contributed by atoms with van der Waals surface area (Å²) in [5.41, 5.74) is 5.47. The summed E-state index contributed by atoms with van der Waals surface area (Å²) in [6, 6.07) is -0.273. The van der Waals surface area contributed by atoms with Gasteiger partial charge in [0.05, 0.1) is 13.2 Å².